The molecule has 4 N–H and O–H groups in total. The van der Waals surface area contributed by atoms with E-state index in [1.165, 1.54) is 0 Å². The molecule has 0 amide bonds. The molecular weight excluding hydrogens is 403 g/mol. The summed E-state index contributed by atoms with van der Waals surface area (Å²) in [6.45, 7) is 1.91. The molecule has 1 unspecified atom stereocenters. The maximum Gasteiger partial charge on any atom is 1.00 e. The standard InChI is InChI=1S/C19H17N4O2S.Na.2H2O/c1-13-17(20-8-7-18(13)25-2)12-26(24)19-21-15-6-5-14(11-16(15)22-19)23-9-3-4-10-23;;;/h3-11H,12H2,1-2H3;;2*1H2/q-1;+1;;. The van der Waals surface area contributed by atoms with Crippen LogP contribution in [0.3, 0.4) is 0 Å². The molecule has 0 saturated heterocycles. The van der Waals surface area contributed by atoms with Crippen molar-refractivity contribution in [2.75, 3.05) is 7.11 Å². The third-order valence-electron chi connectivity index (χ3n) is 4.24. The number of aromatic nitrogens is 4. The molecule has 0 aliphatic rings. The molecule has 0 radical (unpaired) electrons. The van der Waals surface area contributed by atoms with Crippen molar-refractivity contribution < 1.29 is 49.5 Å². The zero-order chi connectivity index (χ0) is 18.1. The minimum atomic E-state index is -1.38. The Balaban J connectivity index is 0.00000140. The predicted octanol–water partition coefficient (Wildman–Crippen LogP) is -1.64. The van der Waals surface area contributed by atoms with Crippen LogP contribution >= 0.6 is 0 Å². The molecule has 148 valence electrons. The number of pyridine rings is 1. The second-order valence-electron chi connectivity index (χ2n) is 5.84. The van der Waals surface area contributed by atoms with Crippen LogP contribution in [0.4, 0.5) is 0 Å². The van der Waals surface area contributed by atoms with Gasteiger partial charge < -0.3 is 30.2 Å². The monoisotopic (exact) mass is 424 g/mol. The summed E-state index contributed by atoms with van der Waals surface area (Å²) in [5.74, 6) is 0.987. The summed E-state index contributed by atoms with van der Waals surface area (Å²) < 4.78 is 20.0. The summed E-state index contributed by atoms with van der Waals surface area (Å²) in [5.41, 5.74) is 4.07. The van der Waals surface area contributed by atoms with Gasteiger partial charge in [0.1, 0.15) is 5.75 Å². The van der Waals surface area contributed by atoms with Crippen molar-refractivity contribution in [3.63, 3.8) is 0 Å². The van der Waals surface area contributed by atoms with Gasteiger partial charge in [0, 0.05) is 35.0 Å². The Morgan fingerprint density at radius 2 is 1.90 bits per heavy atom. The second kappa shape index (κ2) is 10.7. The number of rotatable bonds is 5. The van der Waals surface area contributed by atoms with Gasteiger partial charge in [-0.15, -0.1) is 0 Å². The largest absolute Gasteiger partial charge is 1.00 e. The summed E-state index contributed by atoms with van der Waals surface area (Å²) in [4.78, 5) is 13.2. The number of hydrogen-bond donors (Lipinski definition) is 0. The first-order valence-electron chi connectivity index (χ1n) is 8.10. The maximum atomic E-state index is 12.7. The first kappa shape index (κ1) is 25.0. The van der Waals surface area contributed by atoms with Crippen molar-refractivity contribution in [3.8, 4) is 11.4 Å². The number of ether oxygens (including phenoxy) is 1. The molecule has 1 aromatic carbocycles. The summed E-state index contributed by atoms with van der Waals surface area (Å²) in [5, 5.41) is 0.327. The number of benzene rings is 1. The van der Waals surface area contributed by atoms with Crippen molar-refractivity contribution in [3.05, 3.63) is 66.2 Å². The van der Waals surface area contributed by atoms with Gasteiger partial charge in [0.2, 0.25) is 0 Å². The van der Waals surface area contributed by atoms with Crippen LogP contribution in [-0.2, 0) is 16.6 Å². The molecule has 3 aromatic heterocycles. The summed E-state index contributed by atoms with van der Waals surface area (Å²) in [6.07, 6.45) is 5.59. The first-order valence-corrected chi connectivity index (χ1v) is 9.42. The van der Waals surface area contributed by atoms with Crippen molar-refractivity contribution >= 4 is 21.8 Å². The maximum absolute atomic E-state index is 12.7. The molecule has 29 heavy (non-hydrogen) atoms. The van der Waals surface area contributed by atoms with Gasteiger partial charge >= 0.3 is 29.6 Å². The van der Waals surface area contributed by atoms with Crippen LogP contribution in [-0.4, -0.2) is 36.8 Å². The molecule has 0 fully saturated rings. The van der Waals surface area contributed by atoms with Crippen LogP contribution in [0.25, 0.3) is 16.7 Å². The fourth-order valence-electron chi connectivity index (χ4n) is 2.81. The zero-order valence-corrected chi connectivity index (χ0v) is 19.2. The van der Waals surface area contributed by atoms with Gasteiger partial charge in [-0.25, -0.2) is 0 Å². The van der Waals surface area contributed by atoms with E-state index in [4.69, 9.17) is 4.74 Å². The van der Waals surface area contributed by atoms with Crippen molar-refractivity contribution in [2.45, 2.75) is 17.8 Å². The van der Waals surface area contributed by atoms with Crippen LogP contribution in [0.2, 0.25) is 0 Å². The molecule has 10 heteroatoms. The number of imidazole rings is 1. The van der Waals surface area contributed by atoms with E-state index >= 15 is 0 Å². The minimum Gasteiger partial charge on any atom is -0.496 e. The Hall–Kier alpha value is -2.01. The Kier molecular flexibility index (Phi) is 9.21. The van der Waals surface area contributed by atoms with E-state index < -0.39 is 10.8 Å². The summed E-state index contributed by atoms with van der Waals surface area (Å²) >= 11 is 0. The zero-order valence-electron chi connectivity index (χ0n) is 16.4. The van der Waals surface area contributed by atoms with Gasteiger partial charge in [-0.05, 0) is 48.3 Å². The quantitative estimate of drug-likeness (QED) is 0.354. The van der Waals surface area contributed by atoms with Crippen LogP contribution in [0.15, 0.2) is 60.1 Å². The number of methoxy groups -OCH3 is 1. The first-order chi connectivity index (χ1) is 12.7. The second-order valence-corrected chi connectivity index (χ2v) is 7.19. The molecule has 0 saturated carbocycles. The Labute approximate surface area is 192 Å². The minimum absolute atomic E-state index is 0. The van der Waals surface area contributed by atoms with E-state index in [9.17, 15) is 4.21 Å². The average Bonchev–Trinajstić information content (AvgIpc) is 3.32. The van der Waals surface area contributed by atoms with E-state index in [-0.39, 0.29) is 46.3 Å². The fourth-order valence-corrected chi connectivity index (χ4v) is 3.88. The molecule has 0 aliphatic heterocycles. The molecule has 1 atom stereocenters. The normalized spacial score (nSPS) is 11.1. The molecule has 0 spiro atoms. The third-order valence-corrected chi connectivity index (χ3v) is 5.37. The fraction of sp³-hybridized carbons (Fsp3) is 0.158. The average molecular weight is 424 g/mol. The van der Waals surface area contributed by atoms with Crippen LogP contribution < -0.4 is 39.3 Å². The number of fused-ring (bicyclic) bond motifs is 1. The van der Waals surface area contributed by atoms with Gasteiger partial charge in [-0.2, -0.15) is 0 Å². The van der Waals surface area contributed by atoms with Gasteiger partial charge in [-0.3, -0.25) is 9.19 Å². The SMILES string of the molecule is COc1ccnc(CS(=O)c2nc3ccc(-n4cccc4)cc3[n-]2)c1C.O.O.[Na+]. The van der Waals surface area contributed by atoms with Crippen molar-refractivity contribution in [1.82, 2.24) is 19.5 Å². The van der Waals surface area contributed by atoms with Gasteiger partial charge in [0.25, 0.3) is 0 Å². The van der Waals surface area contributed by atoms with E-state index in [2.05, 4.69) is 15.0 Å². The summed E-state index contributed by atoms with van der Waals surface area (Å²) in [6, 6.07) is 11.5. The number of nitrogens with zero attached hydrogens (tertiary/aromatic N) is 4. The van der Waals surface area contributed by atoms with E-state index in [0.717, 1.165) is 33.7 Å². The van der Waals surface area contributed by atoms with E-state index in [1.54, 1.807) is 19.4 Å². The Morgan fingerprint density at radius 1 is 1.17 bits per heavy atom. The molecule has 0 bridgehead atoms. The van der Waals surface area contributed by atoms with Crippen molar-refractivity contribution in [2.24, 2.45) is 0 Å². The molecule has 0 aliphatic carbocycles. The van der Waals surface area contributed by atoms with E-state index in [0.29, 0.717) is 5.16 Å². The van der Waals surface area contributed by atoms with Gasteiger partial charge in [-0.1, -0.05) is 6.07 Å². The Bertz CT molecular complexity index is 1100. The van der Waals surface area contributed by atoms with Crippen LogP contribution in [0.5, 0.6) is 5.75 Å². The van der Waals surface area contributed by atoms with Gasteiger partial charge in [0.15, 0.2) is 0 Å². The van der Waals surface area contributed by atoms with Crippen LogP contribution in [0.1, 0.15) is 11.3 Å². The molecule has 4 rings (SSSR count). The van der Waals surface area contributed by atoms with Crippen molar-refractivity contribution in [1.29, 1.82) is 0 Å². The topological polar surface area (TPSA) is 134 Å². The smallest absolute Gasteiger partial charge is 0.496 e. The number of hydrogen-bond acceptors (Lipinski definition) is 4. The van der Waals surface area contributed by atoms with Gasteiger partial charge in [0.05, 0.1) is 29.4 Å². The molecule has 3 heterocycles. The predicted molar refractivity (Wildman–Crippen MR) is 107 cm³/mol. The molecule has 8 nitrogen and oxygen atoms in total. The van der Waals surface area contributed by atoms with Crippen LogP contribution in [0, 0.1) is 6.92 Å². The molecule has 4 aromatic rings. The summed E-state index contributed by atoms with van der Waals surface area (Å²) in [7, 11) is 0.232. The van der Waals surface area contributed by atoms with E-state index in [1.807, 2.05) is 54.2 Å². The Morgan fingerprint density at radius 3 is 2.59 bits per heavy atom. The molecular formula is C19H21N4NaO4S. The third kappa shape index (κ3) is 5.13.